The van der Waals surface area contributed by atoms with Gasteiger partial charge in [0.15, 0.2) is 0 Å². The van der Waals surface area contributed by atoms with Gasteiger partial charge in [0, 0.05) is 16.8 Å². The van der Waals surface area contributed by atoms with Crippen molar-refractivity contribution in [2.45, 2.75) is 37.8 Å². The number of aromatic nitrogens is 3. The van der Waals surface area contributed by atoms with Gasteiger partial charge in [-0.25, -0.2) is 27.3 Å². The van der Waals surface area contributed by atoms with E-state index in [-0.39, 0.29) is 12.1 Å². The molecule has 0 aliphatic carbocycles. The topological polar surface area (TPSA) is 94.1 Å². The molecular formula is C25H25F2N5O2S. The van der Waals surface area contributed by atoms with E-state index in [1.807, 2.05) is 41.8 Å². The molecular weight excluding hydrogens is 472 g/mol. The first-order valence-electron chi connectivity index (χ1n) is 11.4. The summed E-state index contributed by atoms with van der Waals surface area (Å²) in [7, 11) is -4.25. The fourth-order valence-corrected chi connectivity index (χ4v) is 5.24. The highest BCUT2D eigenvalue weighted by Gasteiger charge is 2.24. The SMILES string of the molecule is Cc1ncc2nc(CN3CCCC3)n(Cc3c(F)cc(S(N)(=O)=O)cc3F)c2c1-c1ccccc1. The van der Waals surface area contributed by atoms with Gasteiger partial charge in [0.1, 0.15) is 23.0 Å². The summed E-state index contributed by atoms with van der Waals surface area (Å²) in [4.78, 5) is 11.0. The third-order valence-corrected chi connectivity index (χ3v) is 7.33. The summed E-state index contributed by atoms with van der Waals surface area (Å²) in [6, 6.07) is 11.2. The Kier molecular flexibility index (Phi) is 6.12. The zero-order valence-electron chi connectivity index (χ0n) is 19.2. The van der Waals surface area contributed by atoms with Gasteiger partial charge >= 0.3 is 0 Å². The van der Waals surface area contributed by atoms with Crippen molar-refractivity contribution in [1.82, 2.24) is 19.4 Å². The van der Waals surface area contributed by atoms with E-state index < -0.39 is 26.6 Å². The van der Waals surface area contributed by atoms with E-state index in [1.54, 1.807) is 6.20 Å². The number of hydrogen-bond donors (Lipinski definition) is 1. The molecule has 4 aromatic rings. The van der Waals surface area contributed by atoms with Gasteiger partial charge in [-0.3, -0.25) is 9.88 Å². The van der Waals surface area contributed by atoms with Crippen molar-refractivity contribution in [3.8, 4) is 11.1 Å². The molecule has 3 heterocycles. The van der Waals surface area contributed by atoms with Gasteiger partial charge in [-0.2, -0.15) is 0 Å². The molecule has 2 N–H and O–H groups in total. The second kappa shape index (κ2) is 9.10. The number of primary sulfonamides is 1. The maximum Gasteiger partial charge on any atom is 0.238 e. The van der Waals surface area contributed by atoms with Gasteiger partial charge in [-0.15, -0.1) is 0 Å². The van der Waals surface area contributed by atoms with Crippen LogP contribution in [0.1, 0.15) is 29.9 Å². The molecule has 35 heavy (non-hydrogen) atoms. The van der Waals surface area contributed by atoms with Crippen LogP contribution in [0.4, 0.5) is 8.78 Å². The lowest BCUT2D eigenvalue weighted by Gasteiger charge is -2.18. The molecule has 1 saturated heterocycles. The Morgan fingerprint density at radius 1 is 1.03 bits per heavy atom. The number of hydrogen-bond acceptors (Lipinski definition) is 5. The Morgan fingerprint density at radius 2 is 1.69 bits per heavy atom. The molecule has 5 rings (SSSR count). The zero-order chi connectivity index (χ0) is 24.7. The Hall–Kier alpha value is -3.21. The molecule has 7 nitrogen and oxygen atoms in total. The number of halogens is 2. The van der Waals surface area contributed by atoms with Crippen LogP contribution in [-0.2, 0) is 23.1 Å². The van der Waals surface area contributed by atoms with Gasteiger partial charge in [-0.05, 0) is 50.6 Å². The molecule has 1 aliphatic rings. The van der Waals surface area contributed by atoms with Crippen molar-refractivity contribution in [2.75, 3.05) is 13.1 Å². The number of nitrogens with zero attached hydrogens (tertiary/aromatic N) is 4. The Balaban J connectivity index is 1.72. The smallest absolute Gasteiger partial charge is 0.238 e. The number of sulfonamides is 1. The van der Waals surface area contributed by atoms with Crippen molar-refractivity contribution in [2.24, 2.45) is 5.14 Å². The van der Waals surface area contributed by atoms with Crippen LogP contribution in [0.3, 0.4) is 0 Å². The molecule has 1 fully saturated rings. The van der Waals surface area contributed by atoms with Crippen molar-refractivity contribution in [3.63, 3.8) is 0 Å². The van der Waals surface area contributed by atoms with Crippen molar-refractivity contribution >= 4 is 21.1 Å². The summed E-state index contributed by atoms with van der Waals surface area (Å²) in [5.74, 6) is -1.29. The highest BCUT2D eigenvalue weighted by atomic mass is 32.2. The number of likely N-dealkylation sites (tertiary alicyclic amines) is 1. The summed E-state index contributed by atoms with van der Waals surface area (Å²) in [6.07, 6.45) is 3.86. The van der Waals surface area contributed by atoms with Crippen LogP contribution in [-0.4, -0.2) is 40.9 Å². The predicted octanol–water partition coefficient (Wildman–Crippen LogP) is 3.98. The van der Waals surface area contributed by atoms with Gasteiger partial charge < -0.3 is 4.57 Å². The highest BCUT2D eigenvalue weighted by molar-refractivity contribution is 7.89. The molecule has 0 saturated carbocycles. The van der Waals surface area contributed by atoms with E-state index in [2.05, 4.69) is 9.88 Å². The number of rotatable bonds is 6. The second-order valence-electron chi connectivity index (χ2n) is 8.83. The third-order valence-electron chi connectivity index (χ3n) is 6.44. The van der Waals surface area contributed by atoms with E-state index in [9.17, 15) is 8.42 Å². The van der Waals surface area contributed by atoms with Crippen LogP contribution in [0.5, 0.6) is 0 Å². The number of imidazole rings is 1. The summed E-state index contributed by atoms with van der Waals surface area (Å²) in [6.45, 7) is 4.11. The van der Waals surface area contributed by atoms with E-state index in [0.29, 0.717) is 17.9 Å². The largest absolute Gasteiger partial charge is 0.322 e. The van der Waals surface area contributed by atoms with E-state index in [1.165, 1.54) is 0 Å². The minimum absolute atomic E-state index is 0.161. The molecule has 2 aromatic heterocycles. The van der Waals surface area contributed by atoms with Gasteiger partial charge in [0.25, 0.3) is 0 Å². The van der Waals surface area contributed by atoms with E-state index >= 15 is 8.78 Å². The molecule has 2 aromatic carbocycles. The predicted molar refractivity (Wildman–Crippen MR) is 129 cm³/mol. The van der Waals surface area contributed by atoms with Crippen LogP contribution in [0.25, 0.3) is 22.2 Å². The Bertz CT molecular complexity index is 1490. The number of nitrogens with two attached hydrogens (primary N) is 1. The van der Waals surface area contributed by atoms with Gasteiger partial charge in [0.2, 0.25) is 10.0 Å². The first kappa shape index (κ1) is 23.5. The lowest BCUT2D eigenvalue weighted by Crippen LogP contribution is -2.22. The number of pyridine rings is 1. The van der Waals surface area contributed by atoms with Crippen molar-refractivity contribution in [3.05, 3.63) is 77.4 Å². The minimum atomic E-state index is -4.25. The third kappa shape index (κ3) is 4.56. The molecule has 0 radical (unpaired) electrons. The summed E-state index contributed by atoms with van der Waals surface area (Å²) < 4.78 is 55.2. The maximum absolute atomic E-state index is 15.1. The number of aryl methyl sites for hydroxylation is 1. The maximum atomic E-state index is 15.1. The molecule has 10 heteroatoms. The summed E-state index contributed by atoms with van der Waals surface area (Å²) in [5.41, 5.74) is 3.63. The standard InChI is InChI=1S/C25H25F2N5O2S/c1-16-24(17-7-3-2-4-8-17)25-22(13-29-16)30-23(15-31-9-5-6-10-31)32(25)14-19-20(26)11-18(12-21(19)27)35(28,33)34/h2-4,7-8,11-13H,5-6,9-10,14-15H2,1H3,(H2,28,33,34). The second-order valence-corrected chi connectivity index (χ2v) is 10.4. The minimum Gasteiger partial charge on any atom is -0.322 e. The molecule has 0 atom stereocenters. The summed E-state index contributed by atoms with van der Waals surface area (Å²) in [5, 5.41) is 5.08. The fourth-order valence-electron chi connectivity index (χ4n) is 4.70. The molecule has 0 bridgehead atoms. The monoisotopic (exact) mass is 497 g/mol. The van der Waals surface area contributed by atoms with Gasteiger partial charge in [0.05, 0.1) is 29.7 Å². The van der Waals surface area contributed by atoms with Crippen LogP contribution in [0, 0.1) is 18.6 Å². The molecule has 0 spiro atoms. The first-order valence-corrected chi connectivity index (χ1v) is 12.9. The zero-order valence-corrected chi connectivity index (χ0v) is 20.0. The van der Waals surface area contributed by atoms with Crippen molar-refractivity contribution < 1.29 is 17.2 Å². The normalized spacial score (nSPS) is 14.7. The fraction of sp³-hybridized carbons (Fsp3) is 0.280. The average Bonchev–Trinajstić information content (AvgIpc) is 3.44. The van der Waals surface area contributed by atoms with Gasteiger partial charge in [-0.1, -0.05) is 30.3 Å². The molecule has 1 aliphatic heterocycles. The van der Waals surface area contributed by atoms with Crippen LogP contribution in [0.15, 0.2) is 53.6 Å². The molecule has 182 valence electrons. The van der Waals surface area contributed by atoms with E-state index in [4.69, 9.17) is 10.1 Å². The molecule has 0 unspecified atom stereocenters. The summed E-state index contributed by atoms with van der Waals surface area (Å²) >= 11 is 0. The number of benzene rings is 2. The lowest BCUT2D eigenvalue weighted by molar-refractivity contribution is 0.318. The Morgan fingerprint density at radius 3 is 2.31 bits per heavy atom. The van der Waals surface area contributed by atoms with Crippen LogP contribution < -0.4 is 5.14 Å². The average molecular weight is 498 g/mol. The number of fused-ring (bicyclic) bond motifs is 1. The molecule has 0 amide bonds. The Labute approximate surface area is 202 Å². The van der Waals surface area contributed by atoms with Crippen molar-refractivity contribution in [1.29, 1.82) is 0 Å². The highest BCUT2D eigenvalue weighted by Crippen LogP contribution is 2.33. The first-order chi connectivity index (χ1) is 16.7. The quantitative estimate of drug-likeness (QED) is 0.435. The van der Waals surface area contributed by atoms with E-state index in [0.717, 1.165) is 60.4 Å². The lowest BCUT2D eigenvalue weighted by atomic mass is 10.0. The van der Waals surface area contributed by atoms with Crippen LogP contribution >= 0.6 is 0 Å². The van der Waals surface area contributed by atoms with Crippen LogP contribution in [0.2, 0.25) is 0 Å².